The minimum Gasteiger partial charge on any atom is -0.492 e. The van der Waals surface area contributed by atoms with Crippen LogP contribution in [0.1, 0.15) is 5.56 Å². The Morgan fingerprint density at radius 1 is 1.14 bits per heavy atom. The van der Waals surface area contributed by atoms with Crippen molar-refractivity contribution in [3.05, 3.63) is 59.9 Å². The Kier molecular flexibility index (Phi) is 5.32. The molecule has 2 aromatic rings. The summed E-state index contributed by atoms with van der Waals surface area (Å²) < 4.78 is 18.0. The molecule has 112 valence electrons. The van der Waals surface area contributed by atoms with E-state index in [1.165, 1.54) is 24.3 Å². The number of carbonyl (C=O) groups is 1. The van der Waals surface area contributed by atoms with E-state index in [-0.39, 0.29) is 18.5 Å². The Bertz CT molecular complexity index is 663. The number of hydrogen-bond donors (Lipinski definition) is 2. The molecule has 2 aromatic carbocycles. The SMILES string of the molecule is N#Cc1ccc(NC(=O)NCCOc2ccc(F)cc2)cc1. The van der Waals surface area contributed by atoms with Crippen LogP contribution >= 0.6 is 0 Å². The molecule has 0 saturated carbocycles. The van der Waals surface area contributed by atoms with Crippen LogP contribution in [-0.2, 0) is 0 Å². The summed E-state index contributed by atoms with van der Waals surface area (Å²) in [5.41, 5.74) is 1.12. The van der Waals surface area contributed by atoms with Gasteiger partial charge in [0.1, 0.15) is 18.2 Å². The molecule has 2 rings (SSSR count). The van der Waals surface area contributed by atoms with Crippen molar-refractivity contribution in [3.63, 3.8) is 0 Å². The van der Waals surface area contributed by atoms with Crippen molar-refractivity contribution >= 4 is 11.7 Å². The number of hydrogen-bond acceptors (Lipinski definition) is 3. The third kappa shape index (κ3) is 4.80. The summed E-state index contributed by atoms with van der Waals surface area (Å²) in [5, 5.41) is 13.9. The fourth-order valence-electron chi connectivity index (χ4n) is 1.67. The molecule has 2 N–H and O–H groups in total. The third-order valence-corrected chi connectivity index (χ3v) is 2.74. The van der Waals surface area contributed by atoms with Gasteiger partial charge in [0.05, 0.1) is 18.2 Å². The predicted octanol–water partition coefficient (Wildman–Crippen LogP) is 2.90. The Balaban J connectivity index is 1.69. The summed E-state index contributed by atoms with van der Waals surface area (Å²) >= 11 is 0. The number of carbonyl (C=O) groups excluding carboxylic acids is 1. The van der Waals surface area contributed by atoms with Crippen molar-refractivity contribution < 1.29 is 13.9 Å². The average Bonchev–Trinajstić information content (AvgIpc) is 2.54. The summed E-state index contributed by atoms with van der Waals surface area (Å²) in [6, 6.07) is 13.8. The lowest BCUT2D eigenvalue weighted by atomic mass is 10.2. The molecule has 2 amide bonds. The molecule has 0 atom stereocenters. The van der Waals surface area contributed by atoms with Crippen molar-refractivity contribution in [3.8, 4) is 11.8 Å². The van der Waals surface area contributed by atoms with Crippen LogP contribution in [0.4, 0.5) is 14.9 Å². The second-order valence-electron chi connectivity index (χ2n) is 4.37. The van der Waals surface area contributed by atoms with E-state index >= 15 is 0 Å². The van der Waals surface area contributed by atoms with Crippen molar-refractivity contribution in [1.29, 1.82) is 5.26 Å². The quantitative estimate of drug-likeness (QED) is 0.834. The van der Waals surface area contributed by atoms with Gasteiger partial charge in [0.2, 0.25) is 0 Å². The molecule has 5 nitrogen and oxygen atoms in total. The zero-order chi connectivity index (χ0) is 15.8. The van der Waals surface area contributed by atoms with Gasteiger partial charge < -0.3 is 15.4 Å². The molecule has 0 radical (unpaired) electrons. The average molecular weight is 299 g/mol. The molecule has 6 heteroatoms. The van der Waals surface area contributed by atoms with Crippen LogP contribution < -0.4 is 15.4 Å². The van der Waals surface area contributed by atoms with Crippen LogP contribution in [-0.4, -0.2) is 19.2 Å². The summed E-state index contributed by atoms with van der Waals surface area (Å²) in [7, 11) is 0. The molecule has 0 heterocycles. The van der Waals surface area contributed by atoms with E-state index in [1.807, 2.05) is 6.07 Å². The molecule has 0 aliphatic carbocycles. The van der Waals surface area contributed by atoms with Crippen LogP contribution in [0.15, 0.2) is 48.5 Å². The summed E-state index contributed by atoms with van der Waals surface area (Å²) in [5.74, 6) is 0.211. The van der Waals surface area contributed by atoms with Gasteiger partial charge in [0, 0.05) is 5.69 Å². The summed E-state index contributed by atoms with van der Waals surface area (Å²) in [4.78, 5) is 11.6. The number of nitriles is 1. The molecule has 0 aromatic heterocycles. The normalized spacial score (nSPS) is 9.64. The van der Waals surface area contributed by atoms with E-state index in [0.29, 0.717) is 23.5 Å². The smallest absolute Gasteiger partial charge is 0.319 e. The van der Waals surface area contributed by atoms with Crippen LogP contribution in [0.25, 0.3) is 0 Å². The summed E-state index contributed by atoms with van der Waals surface area (Å²) in [6.45, 7) is 0.575. The highest BCUT2D eigenvalue weighted by molar-refractivity contribution is 5.89. The van der Waals surface area contributed by atoms with Gasteiger partial charge >= 0.3 is 6.03 Å². The molecule has 0 spiro atoms. The van der Waals surface area contributed by atoms with Crippen molar-refractivity contribution in [1.82, 2.24) is 5.32 Å². The maximum atomic E-state index is 12.7. The van der Waals surface area contributed by atoms with Gasteiger partial charge in [-0.2, -0.15) is 5.26 Å². The lowest BCUT2D eigenvalue weighted by Gasteiger charge is -2.09. The maximum absolute atomic E-state index is 12.7. The zero-order valence-electron chi connectivity index (χ0n) is 11.7. The molecule has 0 fully saturated rings. The molecule has 0 aliphatic heterocycles. The monoisotopic (exact) mass is 299 g/mol. The fraction of sp³-hybridized carbons (Fsp3) is 0.125. The Hall–Kier alpha value is -3.07. The Morgan fingerprint density at radius 3 is 2.45 bits per heavy atom. The molecule has 0 bridgehead atoms. The summed E-state index contributed by atoms with van der Waals surface area (Å²) in [6.07, 6.45) is 0. The maximum Gasteiger partial charge on any atom is 0.319 e. The number of nitrogens with zero attached hydrogens (tertiary/aromatic N) is 1. The standard InChI is InChI=1S/C16H14FN3O2/c17-13-3-7-15(8-4-13)22-10-9-19-16(21)20-14-5-1-12(11-18)2-6-14/h1-8H,9-10H2,(H2,19,20,21). The second-order valence-corrected chi connectivity index (χ2v) is 4.37. The van der Waals surface area contributed by atoms with Crippen LogP contribution in [0.3, 0.4) is 0 Å². The molecular formula is C16H14FN3O2. The van der Waals surface area contributed by atoms with Gasteiger partial charge in [-0.15, -0.1) is 0 Å². The number of rotatable bonds is 5. The number of halogens is 1. The molecule has 22 heavy (non-hydrogen) atoms. The predicted molar refractivity (Wildman–Crippen MR) is 80.1 cm³/mol. The highest BCUT2D eigenvalue weighted by Gasteiger charge is 2.01. The minimum atomic E-state index is -0.368. The number of ether oxygens (including phenoxy) is 1. The van der Waals surface area contributed by atoms with E-state index in [0.717, 1.165) is 0 Å². The van der Waals surface area contributed by atoms with Crippen molar-refractivity contribution in [2.24, 2.45) is 0 Å². The topological polar surface area (TPSA) is 74.2 Å². The number of amides is 2. The van der Waals surface area contributed by atoms with Gasteiger partial charge in [0.15, 0.2) is 0 Å². The largest absolute Gasteiger partial charge is 0.492 e. The van der Waals surface area contributed by atoms with Gasteiger partial charge in [-0.3, -0.25) is 0 Å². The van der Waals surface area contributed by atoms with E-state index in [2.05, 4.69) is 10.6 Å². The second kappa shape index (κ2) is 7.64. The number of urea groups is 1. The Morgan fingerprint density at radius 2 is 1.82 bits per heavy atom. The van der Waals surface area contributed by atoms with Crippen LogP contribution in [0.5, 0.6) is 5.75 Å². The molecule has 0 saturated heterocycles. The highest BCUT2D eigenvalue weighted by Crippen LogP contribution is 2.10. The van der Waals surface area contributed by atoms with Crippen LogP contribution in [0.2, 0.25) is 0 Å². The van der Waals surface area contributed by atoms with E-state index < -0.39 is 0 Å². The van der Waals surface area contributed by atoms with Gasteiger partial charge in [-0.05, 0) is 48.5 Å². The Labute approximate surface area is 127 Å². The fourth-order valence-corrected chi connectivity index (χ4v) is 1.67. The van der Waals surface area contributed by atoms with Crippen LogP contribution in [0, 0.1) is 17.1 Å². The van der Waals surface area contributed by atoms with E-state index in [4.69, 9.17) is 10.00 Å². The molecule has 0 aliphatic rings. The first-order chi connectivity index (χ1) is 10.7. The minimum absolute atomic E-state index is 0.270. The van der Waals surface area contributed by atoms with Crippen molar-refractivity contribution in [2.75, 3.05) is 18.5 Å². The first-order valence-corrected chi connectivity index (χ1v) is 6.61. The van der Waals surface area contributed by atoms with Gasteiger partial charge in [-0.25, -0.2) is 9.18 Å². The zero-order valence-corrected chi connectivity index (χ0v) is 11.7. The van der Waals surface area contributed by atoms with E-state index in [1.54, 1.807) is 24.3 Å². The van der Waals surface area contributed by atoms with Gasteiger partial charge in [0.25, 0.3) is 0 Å². The van der Waals surface area contributed by atoms with Gasteiger partial charge in [-0.1, -0.05) is 0 Å². The molecular weight excluding hydrogens is 285 g/mol. The first-order valence-electron chi connectivity index (χ1n) is 6.61. The first kappa shape index (κ1) is 15.3. The van der Waals surface area contributed by atoms with Crippen molar-refractivity contribution in [2.45, 2.75) is 0 Å². The molecule has 0 unspecified atom stereocenters. The lowest BCUT2D eigenvalue weighted by molar-refractivity contribution is 0.247. The number of anilines is 1. The third-order valence-electron chi connectivity index (χ3n) is 2.74. The lowest BCUT2D eigenvalue weighted by Crippen LogP contribution is -2.32. The highest BCUT2D eigenvalue weighted by atomic mass is 19.1. The number of benzene rings is 2. The van der Waals surface area contributed by atoms with E-state index in [9.17, 15) is 9.18 Å². The number of nitrogens with one attached hydrogen (secondary N) is 2.